The number of hydrogen-bond acceptors (Lipinski definition) is 5. The maximum Gasteiger partial charge on any atom is 0.250 e. The lowest BCUT2D eigenvalue weighted by Crippen LogP contribution is -2.19. The van der Waals surface area contributed by atoms with Crippen molar-refractivity contribution in [3.05, 3.63) is 59.1 Å². The molecule has 8 heteroatoms. The van der Waals surface area contributed by atoms with Gasteiger partial charge in [0.25, 0.3) is 0 Å². The van der Waals surface area contributed by atoms with Gasteiger partial charge in [-0.3, -0.25) is 4.79 Å². The molecule has 0 unspecified atom stereocenters. The number of aromatic nitrogens is 1. The van der Waals surface area contributed by atoms with Crippen molar-refractivity contribution < 1.29 is 22.8 Å². The van der Waals surface area contributed by atoms with Gasteiger partial charge < -0.3 is 14.6 Å². The predicted molar refractivity (Wildman–Crippen MR) is 84.5 cm³/mol. The number of carbonyl (C=O) groups is 1. The molecule has 0 atom stereocenters. The van der Waals surface area contributed by atoms with Crippen LogP contribution in [0.2, 0.25) is 0 Å². The van der Waals surface area contributed by atoms with Gasteiger partial charge in [-0.1, -0.05) is 11.2 Å². The van der Waals surface area contributed by atoms with Gasteiger partial charge in [-0.15, -0.1) is 11.3 Å². The van der Waals surface area contributed by atoms with Gasteiger partial charge in [0.15, 0.2) is 5.76 Å². The van der Waals surface area contributed by atoms with Crippen LogP contribution in [-0.2, 0) is 16.1 Å². The van der Waals surface area contributed by atoms with E-state index in [0.29, 0.717) is 11.5 Å². The van der Waals surface area contributed by atoms with E-state index in [0.717, 1.165) is 23.1 Å². The average molecular weight is 350 g/mol. The van der Waals surface area contributed by atoms with Crippen molar-refractivity contribution in [3.63, 3.8) is 0 Å². The quantitative estimate of drug-likeness (QED) is 0.734. The minimum Gasteiger partial charge on any atom is -0.365 e. The Hall–Kier alpha value is -2.58. The Kier molecular flexibility index (Phi) is 4.97. The van der Waals surface area contributed by atoms with Gasteiger partial charge in [0, 0.05) is 12.1 Å². The molecule has 5 nitrogen and oxygen atoms in total. The third-order valence-electron chi connectivity index (χ3n) is 3.01. The molecule has 0 fully saturated rings. The molecule has 3 rings (SSSR count). The number of nitrogens with one attached hydrogen (secondary N) is 1. The van der Waals surface area contributed by atoms with Crippen molar-refractivity contribution in [1.82, 2.24) is 5.16 Å². The standard InChI is InChI=1S/C16H12F2N2O3S/c17-10-3-4-12(18)13(6-10)19-16(21)9-22-8-11-7-14(23-20-11)15-2-1-5-24-15/h1-7H,8-9H2,(H,19,21). The lowest BCUT2D eigenvalue weighted by molar-refractivity contribution is -0.121. The molecular formula is C16H12F2N2O3S. The van der Waals surface area contributed by atoms with Crippen LogP contribution >= 0.6 is 11.3 Å². The van der Waals surface area contributed by atoms with Crippen LogP contribution in [0.1, 0.15) is 5.69 Å². The van der Waals surface area contributed by atoms with E-state index in [9.17, 15) is 13.6 Å². The molecule has 3 aromatic rings. The Bertz CT molecular complexity index is 834. The molecule has 124 valence electrons. The fourth-order valence-electron chi connectivity index (χ4n) is 1.94. The summed E-state index contributed by atoms with van der Waals surface area (Å²) in [7, 11) is 0. The number of nitrogens with zero attached hydrogens (tertiary/aromatic N) is 1. The van der Waals surface area contributed by atoms with E-state index < -0.39 is 17.5 Å². The van der Waals surface area contributed by atoms with E-state index in [1.165, 1.54) is 11.3 Å². The molecule has 0 aliphatic heterocycles. The highest BCUT2D eigenvalue weighted by atomic mass is 32.1. The number of amides is 1. The number of anilines is 1. The summed E-state index contributed by atoms with van der Waals surface area (Å²) < 4.78 is 36.8. The second-order valence-corrected chi connectivity index (χ2v) is 5.77. The van der Waals surface area contributed by atoms with Crippen molar-refractivity contribution in [2.75, 3.05) is 11.9 Å². The highest BCUT2D eigenvalue weighted by Gasteiger charge is 2.10. The molecule has 1 amide bonds. The zero-order valence-corrected chi connectivity index (χ0v) is 13.1. The third kappa shape index (κ3) is 4.03. The number of carbonyl (C=O) groups excluding carboxylic acids is 1. The summed E-state index contributed by atoms with van der Waals surface area (Å²) in [6.07, 6.45) is 0. The zero-order chi connectivity index (χ0) is 16.9. The Labute approximate surface area is 139 Å². The van der Waals surface area contributed by atoms with E-state index in [2.05, 4.69) is 10.5 Å². The number of rotatable bonds is 6. The van der Waals surface area contributed by atoms with E-state index in [1.807, 2.05) is 17.5 Å². The van der Waals surface area contributed by atoms with Crippen LogP contribution in [0.25, 0.3) is 10.6 Å². The first kappa shape index (κ1) is 16.3. The van der Waals surface area contributed by atoms with Crippen molar-refractivity contribution in [2.24, 2.45) is 0 Å². The summed E-state index contributed by atoms with van der Waals surface area (Å²) in [6, 6.07) is 8.32. The summed E-state index contributed by atoms with van der Waals surface area (Å²) in [6.45, 7) is -0.259. The molecule has 0 aliphatic rings. The van der Waals surface area contributed by atoms with Gasteiger partial charge in [0.05, 0.1) is 17.2 Å². The molecule has 2 aromatic heterocycles. The first-order valence-electron chi connectivity index (χ1n) is 6.94. The van der Waals surface area contributed by atoms with Gasteiger partial charge in [-0.05, 0) is 23.6 Å². The molecule has 24 heavy (non-hydrogen) atoms. The minimum absolute atomic E-state index is 0.0634. The molecule has 1 aromatic carbocycles. The van der Waals surface area contributed by atoms with Crippen LogP contribution in [0.4, 0.5) is 14.5 Å². The first-order valence-corrected chi connectivity index (χ1v) is 7.82. The number of ether oxygens (including phenoxy) is 1. The molecule has 0 bridgehead atoms. The Morgan fingerprint density at radius 1 is 1.29 bits per heavy atom. The number of thiophene rings is 1. The van der Waals surface area contributed by atoms with Gasteiger partial charge in [0.1, 0.15) is 23.9 Å². The molecule has 0 aliphatic carbocycles. The maximum absolute atomic E-state index is 13.4. The summed E-state index contributed by atoms with van der Waals surface area (Å²) in [5.41, 5.74) is 0.299. The fraction of sp³-hybridized carbons (Fsp3) is 0.125. The lowest BCUT2D eigenvalue weighted by Gasteiger charge is -2.06. The van der Waals surface area contributed by atoms with Crippen molar-refractivity contribution in [2.45, 2.75) is 6.61 Å². The van der Waals surface area contributed by atoms with Crippen molar-refractivity contribution >= 4 is 22.9 Å². The second kappa shape index (κ2) is 7.33. The molecule has 1 N–H and O–H groups in total. The van der Waals surface area contributed by atoms with Gasteiger partial charge in [-0.2, -0.15) is 0 Å². The monoisotopic (exact) mass is 350 g/mol. The van der Waals surface area contributed by atoms with E-state index in [4.69, 9.17) is 9.26 Å². The number of benzene rings is 1. The normalized spacial score (nSPS) is 10.8. The van der Waals surface area contributed by atoms with Gasteiger partial charge in [0.2, 0.25) is 5.91 Å². The van der Waals surface area contributed by atoms with Gasteiger partial charge in [-0.25, -0.2) is 8.78 Å². The molecule has 2 heterocycles. The summed E-state index contributed by atoms with van der Waals surface area (Å²) >= 11 is 1.52. The minimum atomic E-state index is -0.721. The summed E-state index contributed by atoms with van der Waals surface area (Å²) in [4.78, 5) is 12.6. The zero-order valence-electron chi connectivity index (χ0n) is 12.3. The second-order valence-electron chi connectivity index (χ2n) is 4.82. The van der Waals surface area contributed by atoms with Gasteiger partial charge >= 0.3 is 0 Å². The first-order chi connectivity index (χ1) is 11.6. The van der Waals surface area contributed by atoms with E-state index in [-0.39, 0.29) is 18.9 Å². The smallest absolute Gasteiger partial charge is 0.250 e. The maximum atomic E-state index is 13.4. The molecule has 0 saturated heterocycles. The third-order valence-corrected chi connectivity index (χ3v) is 3.89. The summed E-state index contributed by atoms with van der Waals surface area (Å²) in [5, 5.41) is 8.01. The molecule has 0 spiro atoms. The SMILES string of the molecule is O=C(COCc1cc(-c2cccs2)on1)Nc1cc(F)ccc1F. The molecule has 0 radical (unpaired) electrons. The Morgan fingerprint density at radius 2 is 2.17 bits per heavy atom. The predicted octanol–water partition coefficient (Wildman–Crippen LogP) is 3.84. The van der Waals surface area contributed by atoms with E-state index >= 15 is 0 Å². The molecule has 0 saturated carbocycles. The van der Waals surface area contributed by atoms with E-state index in [1.54, 1.807) is 6.07 Å². The van der Waals surface area contributed by atoms with Crippen LogP contribution in [-0.4, -0.2) is 17.7 Å². The van der Waals surface area contributed by atoms with Crippen LogP contribution in [0.15, 0.2) is 46.3 Å². The van der Waals surface area contributed by atoms with Crippen molar-refractivity contribution in [3.8, 4) is 10.6 Å². The largest absolute Gasteiger partial charge is 0.365 e. The Balaban J connectivity index is 1.49. The van der Waals surface area contributed by atoms with Crippen molar-refractivity contribution in [1.29, 1.82) is 0 Å². The van der Waals surface area contributed by atoms with Crippen LogP contribution in [0, 0.1) is 11.6 Å². The average Bonchev–Trinajstić information content (AvgIpc) is 3.22. The molecular weight excluding hydrogens is 338 g/mol. The highest BCUT2D eigenvalue weighted by Crippen LogP contribution is 2.25. The topological polar surface area (TPSA) is 64.4 Å². The number of halogens is 2. The highest BCUT2D eigenvalue weighted by molar-refractivity contribution is 7.13. The van der Waals surface area contributed by atoms with Crippen LogP contribution < -0.4 is 5.32 Å². The summed E-state index contributed by atoms with van der Waals surface area (Å²) in [5.74, 6) is -1.34. The van der Waals surface area contributed by atoms with Crippen LogP contribution in [0.3, 0.4) is 0 Å². The number of hydrogen-bond donors (Lipinski definition) is 1. The Morgan fingerprint density at radius 3 is 2.96 bits per heavy atom. The van der Waals surface area contributed by atoms with Crippen LogP contribution in [0.5, 0.6) is 0 Å². The fourth-order valence-corrected chi connectivity index (χ4v) is 2.62. The lowest BCUT2D eigenvalue weighted by atomic mass is 10.3.